The number of benzene rings is 2. The molecule has 30 heavy (non-hydrogen) atoms. The monoisotopic (exact) mass is 438 g/mol. The fourth-order valence-electron chi connectivity index (χ4n) is 3.27. The van der Waals surface area contributed by atoms with Gasteiger partial charge in [0.2, 0.25) is 0 Å². The maximum Gasteiger partial charge on any atom is 0.174 e. The van der Waals surface area contributed by atoms with Gasteiger partial charge in [0.25, 0.3) is 0 Å². The van der Waals surface area contributed by atoms with Gasteiger partial charge in [-0.3, -0.25) is 4.98 Å². The summed E-state index contributed by atoms with van der Waals surface area (Å²) in [5.74, 6) is 0. The molecule has 1 N–H and O–H groups in total. The third-order valence-corrected chi connectivity index (χ3v) is 5.53. The lowest BCUT2D eigenvalue weighted by Crippen LogP contribution is -2.33. The molecule has 2 aromatic carbocycles. The maximum absolute atomic E-state index is 6.00. The number of hydrogen-bond donors (Lipinski definition) is 1. The van der Waals surface area contributed by atoms with Crippen LogP contribution in [0.3, 0.4) is 0 Å². The smallest absolute Gasteiger partial charge is 0.174 e. The van der Waals surface area contributed by atoms with Gasteiger partial charge in [-0.2, -0.15) is 0 Å². The van der Waals surface area contributed by atoms with Gasteiger partial charge in [-0.05, 0) is 79.7 Å². The Bertz CT molecular complexity index is 926. The molecule has 0 saturated heterocycles. The average molecular weight is 439 g/mol. The van der Waals surface area contributed by atoms with Crippen LogP contribution in [-0.2, 0) is 13.1 Å². The first kappa shape index (κ1) is 22.1. The summed E-state index contributed by atoms with van der Waals surface area (Å²) in [5.41, 5.74) is 4.47. The van der Waals surface area contributed by atoms with Gasteiger partial charge in [0.05, 0.1) is 0 Å². The Hall–Kier alpha value is -2.63. The number of nitrogens with zero attached hydrogens (tertiary/aromatic N) is 3. The molecule has 0 amide bonds. The number of aromatic nitrogens is 1. The number of pyridine rings is 1. The van der Waals surface area contributed by atoms with Crippen molar-refractivity contribution in [2.24, 2.45) is 0 Å². The van der Waals surface area contributed by atoms with Crippen molar-refractivity contribution in [3.05, 3.63) is 89.2 Å². The van der Waals surface area contributed by atoms with E-state index in [1.165, 1.54) is 11.3 Å². The third kappa shape index (κ3) is 6.18. The largest absolute Gasteiger partial charge is 0.372 e. The molecule has 6 heteroatoms. The van der Waals surface area contributed by atoms with Crippen LogP contribution in [0.5, 0.6) is 0 Å². The van der Waals surface area contributed by atoms with Crippen molar-refractivity contribution in [2.45, 2.75) is 26.9 Å². The second kappa shape index (κ2) is 11.0. The Labute approximate surface area is 189 Å². The molecule has 0 atom stereocenters. The molecule has 0 unspecified atom stereocenters. The van der Waals surface area contributed by atoms with Gasteiger partial charge in [0.15, 0.2) is 5.11 Å². The van der Waals surface area contributed by atoms with Crippen molar-refractivity contribution in [3.63, 3.8) is 0 Å². The SMILES string of the molecule is CCN(CC)c1ccc(CN(Cc2cccnc2)C(=S)Nc2ccc(Cl)cc2)cc1. The Balaban J connectivity index is 1.76. The predicted octanol–water partition coefficient (Wildman–Crippen LogP) is 5.98. The van der Waals surface area contributed by atoms with E-state index in [4.69, 9.17) is 23.8 Å². The Kier molecular flexibility index (Phi) is 8.05. The topological polar surface area (TPSA) is 31.4 Å². The molecule has 0 bridgehead atoms. The highest BCUT2D eigenvalue weighted by Gasteiger charge is 2.13. The van der Waals surface area contributed by atoms with E-state index in [0.717, 1.165) is 24.3 Å². The van der Waals surface area contributed by atoms with Crippen LogP contribution in [0.25, 0.3) is 0 Å². The molecule has 0 radical (unpaired) electrons. The quantitative estimate of drug-likeness (QED) is 0.437. The summed E-state index contributed by atoms with van der Waals surface area (Å²) in [5, 5.41) is 4.69. The van der Waals surface area contributed by atoms with Gasteiger partial charge in [0, 0.05) is 55.0 Å². The van der Waals surface area contributed by atoms with Crippen LogP contribution in [-0.4, -0.2) is 28.1 Å². The zero-order valence-electron chi connectivity index (χ0n) is 17.4. The average Bonchev–Trinajstić information content (AvgIpc) is 2.77. The van der Waals surface area contributed by atoms with E-state index in [1.807, 2.05) is 36.5 Å². The van der Waals surface area contributed by atoms with Crippen LogP contribution in [0.2, 0.25) is 5.02 Å². The van der Waals surface area contributed by atoms with Crippen LogP contribution in [0.4, 0.5) is 11.4 Å². The third-order valence-electron chi connectivity index (χ3n) is 4.92. The van der Waals surface area contributed by atoms with Crippen molar-refractivity contribution in [1.82, 2.24) is 9.88 Å². The molecule has 0 saturated carbocycles. The van der Waals surface area contributed by atoms with E-state index in [1.54, 1.807) is 6.20 Å². The number of hydrogen-bond acceptors (Lipinski definition) is 3. The first-order chi connectivity index (χ1) is 14.6. The second-order valence-electron chi connectivity index (χ2n) is 6.99. The van der Waals surface area contributed by atoms with Crippen LogP contribution in [0.15, 0.2) is 73.1 Å². The molecular weight excluding hydrogens is 412 g/mol. The highest BCUT2D eigenvalue weighted by atomic mass is 35.5. The molecule has 3 aromatic rings. The highest BCUT2D eigenvalue weighted by molar-refractivity contribution is 7.80. The van der Waals surface area contributed by atoms with Crippen LogP contribution < -0.4 is 10.2 Å². The lowest BCUT2D eigenvalue weighted by Gasteiger charge is -2.27. The van der Waals surface area contributed by atoms with Crippen LogP contribution in [0, 0.1) is 0 Å². The van der Waals surface area contributed by atoms with Crippen LogP contribution in [0.1, 0.15) is 25.0 Å². The van der Waals surface area contributed by atoms with Crippen molar-refractivity contribution in [2.75, 3.05) is 23.3 Å². The van der Waals surface area contributed by atoms with E-state index in [9.17, 15) is 0 Å². The van der Waals surface area contributed by atoms with E-state index >= 15 is 0 Å². The lowest BCUT2D eigenvalue weighted by molar-refractivity contribution is 0.412. The fourth-order valence-corrected chi connectivity index (χ4v) is 3.64. The van der Waals surface area contributed by atoms with E-state index < -0.39 is 0 Å². The standard InChI is InChI=1S/C24H27ClN4S/c1-3-28(4-2)23-13-7-19(8-14-23)17-29(18-20-6-5-15-26-16-20)24(30)27-22-11-9-21(25)10-12-22/h5-16H,3-4,17-18H2,1-2H3,(H,27,30). The maximum atomic E-state index is 6.00. The fraction of sp³-hybridized carbons (Fsp3) is 0.250. The number of anilines is 2. The van der Waals surface area contributed by atoms with Crippen molar-refractivity contribution in [1.29, 1.82) is 0 Å². The summed E-state index contributed by atoms with van der Waals surface area (Å²) in [6.45, 7) is 7.72. The summed E-state index contributed by atoms with van der Waals surface area (Å²) < 4.78 is 0. The summed E-state index contributed by atoms with van der Waals surface area (Å²) in [6, 6.07) is 20.3. The van der Waals surface area contributed by atoms with Gasteiger partial charge >= 0.3 is 0 Å². The zero-order valence-corrected chi connectivity index (χ0v) is 19.0. The molecule has 0 aliphatic heterocycles. The number of halogens is 1. The number of nitrogens with one attached hydrogen (secondary N) is 1. The van der Waals surface area contributed by atoms with Gasteiger partial charge in [-0.1, -0.05) is 29.8 Å². The summed E-state index contributed by atoms with van der Waals surface area (Å²) in [4.78, 5) is 8.72. The van der Waals surface area contributed by atoms with Crippen molar-refractivity contribution in [3.8, 4) is 0 Å². The molecular formula is C24H27ClN4S. The first-order valence-corrected chi connectivity index (χ1v) is 10.9. The van der Waals surface area contributed by atoms with Gasteiger partial charge in [0.1, 0.15) is 0 Å². The minimum absolute atomic E-state index is 0.661. The minimum Gasteiger partial charge on any atom is -0.372 e. The molecule has 0 fully saturated rings. The minimum atomic E-state index is 0.661. The first-order valence-electron chi connectivity index (χ1n) is 10.1. The Morgan fingerprint density at radius 1 is 0.933 bits per heavy atom. The second-order valence-corrected chi connectivity index (χ2v) is 7.82. The highest BCUT2D eigenvalue weighted by Crippen LogP contribution is 2.19. The molecule has 0 aliphatic rings. The van der Waals surface area contributed by atoms with Gasteiger partial charge < -0.3 is 15.1 Å². The Morgan fingerprint density at radius 2 is 1.60 bits per heavy atom. The van der Waals surface area contributed by atoms with Crippen molar-refractivity contribution < 1.29 is 0 Å². The van der Waals surface area contributed by atoms with E-state index in [2.05, 4.69) is 64.3 Å². The zero-order chi connectivity index (χ0) is 21.3. The molecule has 1 aromatic heterocycles. The van der Waals surface area contributed by atoms with Crippen LogP contribution >= 0.6 is 23.8 Å². The molecule has 0 spiro atoms. The summed E-state index contributed by atoms with van der Waals surface area (Å²) in [6.07, 6.45) is 3.66. The predicted molar refractivity (Wildman–Crippen MR) is 131 cm³/mol. The molecule has 3 rings (SSSR count). The normalized spacial score (nSPS) is 10.5. The summed E-state index contributed by atoms with van der Waals surface area (Å²) >= 11 is 11.7. The van der Waals surface area contributed by atoms with Gasteiger partial charge in [-0.25, -0.2) is 0 Å². The molecule has 156 valence electrons. The number of thiocarbonyl (C=S) groups is 1. The van der Waals surface area contributed by atoms with Crippen molar-refractivity contribution >= 4 is 40.3 Å². The number of rotatable bonds is 8. The lowest BCUT2D eigenvalue weighted by atomic mass is 10.1. The van der Waals surface area contributed by atoms with E-state index in [0.29, 0.717) is 23.2 Å². The molecule has 1 heterocycles. The van der Waals surface area contributed by atoms with Gasteiger partial charge in [-0.15, -0.1) is 0 Å². The molecule has 4 nitrogen and oxygen atoms in total. The van der Waals surface area contributed by atoms with E-state index in [-0.39, 0.29) is 0 Å². The Morgan fingerprint density at radius 3 is 2.20 bits per heavy atom. The molecule has 0 aliphatic carbocycles. The summed E-state index contributed by atoms with van der Waals surface area (Å²) in [7, 11) is 0.